The maximum Gasteiger partial charge on any atom is 0.338 e. The van der Waals surface area contributed by atoms with E-state index in [4.69, 9.17) is 9.47 Å². The molecule has 2 aromatic carbocycles. The number of amides is 2. The first-order valence-corrected chi connectivity index (χ1v) is 10.4. The molecule has 0 aliphatic heterocycles. The Balaban J connectivity index is 1.66. The number of carbonyl (C=O) groups excluding carboxylic acids is 4. The molecule has 0 saturated heterocycles. The molecule has 0 saturated carbocycles. The molecule has 2 amide bonds. The molecule has 0 heterocycles. The Morgan fingerprint density at radius 2 is 1.56 bits per heavy atom. The van der Waals surface area contributed by atoms with Crippen molar-refractivity contribution in [2.75, 3.05) is 23.8 Å². The summed E-state index contributed by atoms with van der Waals surface area (Å²) in [5.41, 5.74) is 3.61. The molecule has 170 valence electrons. The van der Waals surface area contributed by atoms with Crippen LogP contribution in [0.5, 0.6) is 0 Å². The van der Waals surface area contributed by atoms with E-state index in [2.05, 4.69) is 10.6 Å². The maximum absolute atomic E-state index is 12.0. The van der Waals surface area contributed by atoms with Gasteiger partial charge < -0.3 is 20.1 Å². The summed E-state index contributed by atoms with van der Waals surface area (Å²) in [5.74, 6) is -1.66. The van der Waals surface area contributed by atoms with E-state index in [1.807, 2.05) is 26.0 Å². The third-order valence-electron chi connectivity index (χ3n) is 4.71. The van der Waals surface area contributed by atoms with Gasteiger partial charge in [0.15, 0.2) is 6.61 Å². The van der Waals surface area contributed by atoms with Crippen LogP contribution in [-0.4, -0.2) is 37.0 Å². The highest BCUT2D eigenvalue weighted by Gasteiger charge is 2.11. The number of rotatable bonds is 10. The summed E-state index contributed by atoms with van der Waals surface area (Å²) in [7, 11) is 0. The third-order valence-corrected chi connectivity index (χ3v) is 4.71. The van der Waals surface area contributed by atoms with Crippen molar-refractivity contribution in [3.8, 4) is 0 Å². The van der Waals surface area contributed by atoms with Gasteiger partial charge >= 0.3 is 11.9 Å². The average molecular weight is 440 g/mol. The summed E-state index contributed by atoms with van der Waals surface area (Å²) in [4.78, 5) is 47.5. The van der Waals surface area contributed by atoms with Crippen LogP contribution in [0, 0.1) is 13.8 Å². The predicted molar refractivity (Wildman–Crippen MR) is 120 cm³/mol. The Morgan fingerprint density at radius 3 is 2.25 bits per heavy atom. The van der Waals surface area contributed by atoms with Crippen LogP contribution in [0.1, 0.15) is 47.7 Å². The molecule has 0 radical (unpaired) electrons. The first-order valence-electron chi connectivity index (χ1n) is 10.4. The van der Waals surface area contributed by atoms with E-state index in [-0.39, 0.29) is 38.4 Å². The number of carbonyl (C=O) groups is 4. The Bertz CT molecular complexity index is 969. The Labute approximate surface area is 187 Å². The molecule has 2 N–H and O–H groups in total. The van der Waals surface area contributed by atoms with Gasteiger partial charge in [0, 0.05) is 24.2 Å². The SMILES string of the molecule is CCOC(=O)c1ccc(NC(=O)CCCC(=O)OCC(=O)Nc2cccc(C)c2C)cc1. The van der Waals surface area contributed by atoms with Crippen LogP contribution in [-0.2, 0) is 23.9 Å². The predicted octanol–water partition coefficient (Wildman–Crippen LogP) is 3.77. The van der Waals surface area contributed by atoms with E-state index >= 15 is 0 Å². The molecule has 0 bridgehead atoms. The van der Waals surface area contributed by atoms with Gasteiger partial charge in [-0.3, -0.25) is 14.4 Å². The third kappa shape index (κ3) is 7.86. The molecule has 0 aliphatic rings. The quantitative estimate of drug-likeness (QED) is 0.544. The minimum atomic E-state index is -0.548. The summed E-state index contributed by atoms with van der Waals surface area (Å²) in [6.07, 6.45) is 0.416. The summed E-state index contributed by atoms with van der Waals surface area (Å²) in [6.45, 7) is 5.47. The summed E-state index contributed by atoms with van der Waals surface area (Å²) in [5, 5.41) is 5.41. The average Bonchev–Trinajstić information content (AvgIpc) is 2.76. The summed E-state index contributed by atoms with van der Waals surface area (Å²) < 4.78 is 9.88. The number of hydrogen-bond donors (Lipinski definition) is 2. The largest absolute Gasteiger partial charge is 0.462 e. The second kappa shape index (κ2) is 12.2. The zero-order valence-electron chi connectivity index (χ0n) is 18.5. The summed E-state index contributed by atoms with van der Waals surface area (Å²) >= 11 is 0. The molecule has 0 aromatic heterocycles. The number of benzene rings is 2. The lowest BCUT2D eigenvalue weighted by molar-refractivity contribution is -0.147. The first-order chi connectivity index (χ1) is 15.3. The molecule has 0 unspecified atom stereocenters. The van der Waals surface area contributed by atoms with Crippen molar-refractivity contribution in [1.29, 1.82) is 0 Å². The highest BCUT2D eigenvalue weighted by molar-refractivity contribution is 5.94. The number of nitrogens with one attached hydrogen (secondary N) is 2. The molecule has 0 spiro atoms. The van der Waals surface area contributed by atoms with Crippen molar-refractivity contribution < 1.29 is 28.7 Å². The van der Waals surface area contributed by atoms with Gasteiger partial charge in [0.2, 0.25) is 5.91 Å². The topological polar surface area (TPSA) is 111 Å². The Hall–Kier alpha value is -3.68. The zero-order valence-corrected chi connectivity index (χ0v) is 18.5. The van der Waals surface area contributed by atoms with E-state index in [1.54, 1.807) is 37.3 Å². The normalized spacial score (nSPS) is 10.2. The van der Waals surface area contributed by atoms with E-state index in [0.717, 1.165) is 11.1 Å². The molecule has 32 heavy (non-hydrogen) atoms. The van der Waals surface area contributed by atoms with Crippen LogP contribution in [0.25, 0.3) is 0 Å². The molecular formula is C24H28N2O6. The second-order valence-corrected chi connectivity index (χ2v) is 7.16. The minimum absolute atomic E-state index is 0.0198. The standard InChI is InChI=1S/C24H28N2O6/c1-4-31-24(30)18-11-13-19(14-12-18)25-21(27)9-6-10-23(29)32-15-22(28)26-20-8-5-7-16(2)17(20)3/h5,7-8,11-14H,4,6,9-10,15H2,1-3H3,(H,25,27)(H,26,28). The second-order valence-electron chi connectivity index (χ2n) is 7.16. The summed E-state index contributed by atoms with van der Waals surface area (Å²) in [6, 6.07) is 11.9. The van der Waals surface area contributed by atoms with Crippen molar-refractivity contribution in [3.05, 3.63) is 59.2 Å². The van der Waals surface area contributed by atoms with E-state index in [0.29, 0.717) is 16.9 Å². The molecule has 8 nitrogen and oxygen atoms in total. The molecule has 2 rings (SSSR count). The van der Waals surface area contributed by atoms with Crippen LogP contribution in [0.2, 0.25) is 0 Å². The van der Waals surface area contributed by atoms with Gasteiger partial charge in [0.05, 0.1) is 12.2 Å². The fourth-order valence-electron chi connectivity index (χ4n) is 2.81. The monoisotopic (exact) mass is 440 g/mol. The number of hydrogen-bond acceptors (Lipinski definition) is 6. The molecule has 0 atom stereocenters. The van der Waals surface area contributed by atoms with Crippen LogP contribution in [0.4, 0.5) is 11.4 Å². The minimum Gasteiger partial charge on any atom is -0.462 e. The lowest BCUT2D eigenvalue weighted by Crippen LogP contribution is -2.21. The number of anilines is 2. The molecule has 0 fully saturated rings. The maximum atomic E-state index is 12.0. The van der Waals surface area contributed by atoms with Crippen molar-refractivity contribution in [1.82, 2.24) is 0 Å². The number of aryl methyl sites for hydroxylation is 1. The van der Waals surface area contributed by atoms with Crippen molar-refractivity contribution in [2.45, 2.75) is 40.0 Å². The van der Waals surface area contributed by atoms with Gasteiger partial charge in [-0.25, -0.2) is 4.79 Å². The van der Waals surface area contributed by atoms with Gasteiger partial charge in [-0.15, -0.1) is 0 Å². The van der Waals surface area contributed by atoms with Gasteiger partial charge in [-0.05, 0) is 68.7 Å². The fourth-order valence-corrected chi connectivity index (χ4v) is 2.81. The lowest BCUT2D eigenvalue weighted by atomic mass is 10.1. The van der Waals surface area contributed by atoms with Crippen LogP contribution >= 0.6 is 0 Å². The smallest absolute Gasteiger partial charge is 0.338 e. The van der Waals surface area contributed by atoms with Crippen LogP contribution in [0.15, 0.2) is 42.5 Å². The van der Waals surface area contributed by atoms with Crippen molar-refractivity contribution >= 4 is 35.1 Å². The van der Waals surface area contributed by atoms with Crippen molar-refractivity contribution in [3.63, 3.8) is 0 Å². The molecule has 8 heteroatoms. The van der Waals surface area contributed by atoms with E-state index < -0.39 is 17.8 Å². The van der Waals surface area contributed by atoms with Crippen molar-refractivity contribution in [2.24, 2.45) is 0 Å². The highest BCUT2D eigenvalue weighted by Crippen LogP contribution is 2.17. The molecule has 2 aromatic rings. The number of ether oxygens (including phenoxy) is 2. The molecule has 0 aliphatic carbocycles. The van der Waals surface area contributed by atoms with Gasteiger partial charge in [0.25, 0.3) is 5.91 Å². The highest BCUT2D eigenvalue weighted by atomic mass is 16.5. The number of esters is 2. The first kappa shape index (κ1) is 24.6. The van der Waals surface area contributed by atoms with Crippen LogP contribution in [0.3, 0.4) is 0 Å². The van der Waals surface area contributed by atoms with Gasteiger partial charge in [-0.2, -0.15) is 0 Å². The van der Waals surface area contributed by atoms with E-state index in [9.17, 15) is 19.2 Å². The molecular weight excluding hydrogens is 412 g/mol. The fraction of sp³-hybridized carbons (Fsp3) is 0.333. The van der Waals surface area contributed by atoms with Gasteiger partial charge in [0.1, 0.15) is 0 Å². The Kier molecular flexibility index (Phi) is 9.41. The lowest BCUT2D eigenvalue weighted by Gasteiger charge is -2.10. The zero-order chi connectivity index (χ0) is 23.5. The Morgan fingerprint density at radius 1 is 0.844 bits per heavy atom. The van der Waals surface area contributed by atoms with Gasteiger partial charge in [-0.1, -0.05) is 12.1 Å². The van der Waals surface area contributed by atoms with Crippen LogP contribution < -0.4 is 10.6 Å². The van der Waals surface area contributed by atoms with E-state index in [1.165, 1.54) is 0 Å².